The maximum atomic E-state index is 12.4. The summed E-state index contributed by atoms with van der Waals surface area (Å²) < 4.78 is 58.1. The van der Waals surface area contributed by atoms with Crippen LogP contribution in [0.1, 0.15) is 39.2 Å². The van der Waals surface area contributed by atoms with Crippen LogP contribution in [0.2, 0.25) is 0 Å². The minimum atomic E-state index is -4.79. The molecule has 1 saturated heterocycles. The van der Waals surface area contributed by atoms with Crippen molar-refractivity contribution in [3.63, 3.8) is 0 Å². The quantitative estimate of drug-likeness (QED) is 0.848. The highest BCUT2D eigenvalue weighted by molar-refractivity contribution is 6.47. The summed E-state index contributed by atoms with van der Waals surface area (Å²) in [6.45, 7) is 7.44. The van der Waals surface area contributed by atoms with Gasteiger partial charge in [0.15, 0.2) is 0 Å². The second-order valence-electron chi connectivity index (χ2n) is 6.60. The Hall–Kier alpha value is -1.45. The van der Waals surface area contributed by atoms with Gasteiger partial charge in [0, 0.05) is 5.56 Å². The van der Waals surface area contributed by atoms with Crippen LogP contribution in [-0.2, 0) is 9.31 Å². The molecule has 0 amide bonds. The van der Waals surface area contributed by atoms with Gasteiger partial charge in [-0.3, -0.25) is 0 Å². The topological polar surface area (TPSA) is 62.9 Å². The highest BCUT2D eigenvalue weighted by Gasteiger charge is 2.53. The van der Waals surface area contributed by atoms with E-state index in [0.29, 0.717) is 11.3 Å². The number of ether oxygens (including phenoxy) is 2. The van der Waals surface area contributed by atoms with Crippen LogP contribution < -0.4 is 15.2 Å². The largest absolute Gasteiger partial charge is 0.573 e. The van der Waals surface area contributed by atoms with Gasteiger partial charge >= 0.3 is 13.5 Å². The molecule has 0 saturated carbocycles. The van der Waals surface area contributed by atoms with Crippen molar-refractivity contribution in [2.75, 3.05) is 7.11 Å². The number of hydrogen-bond acceptors (Lipinski definition) is 5. The molecular weight excluding hydrogens is 326 g/mol. The lowest BCUT2D eigenvalue weighted by Gasteiger charge is -2.32. The van der Waals surface area contributed by atoms with E-state index in [4.69, 9.17) is 19.8 Å². The molecule has 1 aromatic carbocycles. The van der Waals surface area contributed by atoms with Crippen molar-refractivity contribution in [3.05, 3.63) is 23.8 Å². The van der Waals surface area contributed by atoms with Crippen LogP contribution in [0.3, 0.4) is 0 Å². The van der Waals surface area contributed by atoms with E-state index in [0.717, 1.165) is 6.07 Å². The molecule has 0 aromatic heterocycles. The van der Waals surface area contributed by atoms with Gasteiger partial charge in [-0.25, -0.2) is 0 Å². The van der Waals surface area contributed by atoms with Crippen LogP contribution in [0.4, 0.5) is 13.2 Å². The van der Waals surface area contributed by atoms with Gasteiger partial charge in [-0.05, 0) is 45.9 Å². The van der Waals surface area contributed by atoms with E-state index in [-0.39, 0.29) is 5.75 Å². The van der Waals surface area contributed by atoms with Crippen LogP contribution in [0, 0.1) is 0 Å². The fraction of sp³-hybridized carbons (Fsp3) is 0.600. The zero-order valence-electron chi connectivity index (χ0n) is 14.2. The summed E-state index contributed by atoms with van der Waals surface area (Å²) in [5, 5.41) is 0. The van der Waals surface area contributed by atoms with Crippen molar-refractivity contribution in [2.45, 2.75) is 51.2 Å². The first-order valence-electron chi connectivity index (χ1n) is 7.41. The SMILES string of the molecule is COc1ccc(OC(F)(F)F)cc1[C@@H](N)B1OC(C)(C)C(C)(C)O1. The van der Waals surface area contributed by atoms with Gasteiger partial charge in [-0.1, -0.05) is 0 Å². The highest BCUT2D eigenvalue weighted by Crippen LogP contribution is 2.41. The molecule has 0 spiro atoms. The van der Waals surface area contributed by atoms with Crippen LogP contribution in [-0.4, -0.2) is 31.8 Å². The number of hydrogen-bond donors (Lipinski definition) is 1. The van der Waals surface area contributed by atoms with Gasteiger partial charge in [0.1, 0.15) is 11.5 Å². The van der Waals surface area contributed by atoms with Crippen LogP contribution in [0.5, 0.6) is 11.5 Å². The normalized spacial score (nSPS) is 20.8. The van der Waals surface area contributed by atoms with E-state index >= 15 is 0 Å². The summed E-state index contributed by atoms with van der Waals surface area (Å²) >= 11 is 0. The minimum absolute atomic E-state index is 0.303. The number of benzene rings is 1. The molecule has 1 aliphatic heterocycles. The first kappa shape index (κ1) is 18.9. The van der Waals surface area contributed by atoms with Gasteiger partial charge < -0.3 is 24.5 Å². The molecule has 9 heteroatoms. The third kappa shape index (κ3) is 3.79. The third-order valence-corrected chi connectivity index (χ3v) is 4.36. The first-order valence-corrected chi connectivity index (χ1v) is 7.41. The summed E-state index contributed by atoms with van der Waals surface area (Å²) in [5.74, 6) is -0.908. The maximum Gasteiger partial charge on any atom is 0.573 e. The Bertz CT molecular complexity index is 591. The molecule has 0 unspecified atom stereocenters. The Morgan fingerprint density at radius 2 is 1.67 bits per heavy atom. The van der Waals surface area contributed by atoms with E-state index < -0.39 is 30.6 Å². The smallest absolute Gasteiger partial charge is 0.496 e. The Morgan fingerprint density at radius 3 is 2.12 bits per heavy atom. The standard InChI is InChI=1S/C15H21BF3NO4/c1-13(2)14(3,4)24-16(23-13)12(20)10-8-9(22-15(17,18)19)6-7-11(10)21-5/h6-8,12H,20H2,1-5H3/t12-/m1/s1. The van der Waals surface area contributed by atoms with E-state index in [2.05, 4.69) is 4.74 Å². The van der Waals surface area contributed by atoms with Gasteiger partial charge in [0.05, 0.1) is 24.3 Å². The number of alkyl halides is 3. The maximum absolute atomic E-state index is 12.4. The number of nitrogens with two attached hydrogens (primary N) is 1. The minimum Gasteiger partial charge on any atom is -0.496 e. The fourth-order valence-corrected chi connectivity index (χ4v) is 2.35. The first-order chi connectivity index (χ1) is 10.9. The Labute approximate surface area is 139 Å². The molecule has 2 N–H and O–H groups in total. The van der Waals surface area contributed by atoms with Crippen molar-refractivity contribution >= 4 is 7.12 Å². The number of halogens is 3. The summed E-state index contributed by atoms with van der Waals surface area (Å²) in [5.41, 5.74) is 5.27. The predicted molar refractivity (Wildman–Crippen MR) is 82.7 cm³/mol. The third-order valence-electron chi connectivity index (χ3n) is 4.36. The molecule has 1 atom stereocenters. The molecule has 0 aliphatic carbocycles. The molecule has 0 bridgehead atoms. The average Bonchev–Trinajstić information content (AvgIpc) is 2.65. The van der Waals surface area contributed by atoms with Crippen LogP contribution >= 0.6 is 0 Å². The van der Waals surface area contributed by atoms with E-state index in [1.54, 1.807) is 0 Å². The summed E-state index contributed by atoms with van der Waals surface area (Å²) in [6, 6.07) is 3.70. The molecule has 1 aliphatic rings. The number of rotatable bonds is 4. The predicted octanol–water partition coefficient (Wildman–Crippen LogP) is 3.23. The lowest BCUT2D eigenvalue weighted by molar-refractivity contribution is -0.274. The second-order valence-corrected chi connectivity index (χ2v) is 6.60. The highest BCUT2D eigenvalue weighted by atomic mass is 19.4. The van der Waals surface area contributed by atoms with Gasteiger partial charge in [0.2, 0.25) is 0 Å². The van der Waals surface area contributed by atoms with E-state index in [1.807, 2.05) is 27.7 Å². The van der Waals surface area contributed by atoms with Gasteiger partial charge in [0.25, 0.3) is 0 Å². The molecule has 24 heavy (non-hydrogen) atoms. The molecule has 2 rings (SSSR count). The zero-order chi connectivity index (χ0) is 18.3. The van der Waals surface area contributed by atoms with E-state index in [1.165, 1.54) is 19.2 Å². The lowest BCUT2D eigenvalue weighted by Crippen LogP contribution is -2.41. The number of methoxy groups -OCH3 is 1. The zero-order valence-corrected chi connectivity index (χ0v) is 14.2. The molecule has 5 nitrogen and oxygen atoms in total. The van der Waals surface area contributed by atoms with Crippen LogP contribution in [0.15, 0.2) is 18.2 Å². The summed E-state index contributed by atoms with van der Waals surface area (Å²) in [7, 11) is 0.574. The molecule has 0 radical (unpaired) electrons. The lowest BCUT2D eigenvalue weighted by atomic mass is 9.74. The summed E-state index contributed by atoms with van der Waals surface area (Å²) in [4.78, 5) is 0. The molecule has 1 heterocycles. The Morgan fingerprint density at radius 1 is 1.12 bits per heavy atom. The van der Waals surface area contributed by atoms with Crippen LogP contribution in [0.25, 0.3) is 0 Å². The van der Waals surface area contributed by atoms with Crippen molar-refractivity contribution in [1.29, 1.82) is 0 Å². The summed E-state index contributed by atoms with van der Waals surface area (Å²) in [6.07, 6.45) is -4.79. The Kier molecular flexibility index (Phi) is 4.82. The monoisotopic (exact) mass is 347 g/mol. The van der Waals surface area contributed by atoms with E-state index in [9.17, 15) is 13.2 Å². The second kappa shape index (κ2) is 6.13. The van der Waals surface area contributed by atoms with Crippen molar-refractivity contribution < 1.29 is 32.0 Å². The molecular formula is C15H21BF3NO4. The molecule has 1 aromatic rings. The van der Waals surface area contributed by atoms with Crippen molar-refractivity contribution in [2.24, 2.45) is 5.73 Å². The molecule has 134 valence electrons. The molecule has 1 fully saturated rings. The van der Waals surface area contributed by atoms with Gasteiger partial charge in [-0.15, -0.1) is 13.2 Å². The average molecular weight is 347 g/mol. The Balaban J connectivity index is 2.31. The fourth-order valence-electron chi connectivity index (χ4n) is 2.35. The van der Waals surface area contributed by atoms with Gasteiger partial charge in [-0.2, -0.15) is 0 Å². The van der Waals surface area contributed by atoms with Crippen molar-refractivity contribution in [3.8, 4) is 11.5 Å². The van der Waals surface area contributed by atoms with Crippen molar-refractivity contribution in [1.82, 2.24) is 0 Å².